The average molecular weight is 256 g/mol. The van der Waals surface area contributed by atoms with Crippen molar-refractivity contribution in [3.8, 4) is 0 Å². The summed E-state index contributed by atoms with van der Waals surface area (Å²) in [6, 6.07) is 6.60. The summed E-state index contributed by atoms with van der Waals surface area (Å²) in [5.74, 6) is 0. The third kappa shape index (κ3) is 3.20. The van der Waals surface area contributed by atoms with Crippen molar-refractivity contribution in [2.75, 3.05) is 18.8 Å². The van der Waals surface area contributed by atoms with Gasteiger partial charge in [-0.15, -0.1) is 0 Å². The molecule has 1 aromatic rings. The summed E-state index contributed by atoms with van der Waals surface area (Å²) in [6.07, 6.45) is 1.60. The van der Waals surface area contributed by atoms with Gasteiger partial charge in [0.15, 0.2) is 0 Å². The number of para-hydroxylation sites is 1. The third-order valence-corrected chi connectivity index (χ3v) is 4.46. The lowest BCUT2D eigenvalue weighted by Gasteiger charge is -2.21. The Morgan fingerprint density at radius 3 is 2.12 bits per heavy atom. The van der Waals surface area contributed by atoms with E-state index in [2.05, 4.69) is 0 Å². The van der Waals surface area contributed by atoms with E-state index in [0.717, 1.165) is 12.8 Å². The number of nitrogens with zero attached hydrogens (tertiary/aromatic N) is 1. The molecule has 0 bridgehead atoms. The van der Waals surface area contributed by atoms with Crippen molar-refractivity contribution in [3.05, 3.63) is 24.3 Å². The van der Waals surface area contributed by atoms with E-state index >= 15 is 0 Å². The molecule has 0 amide bonds. The summed E-state index contributed by atoms with van der Waals surface area (Å²) in [4.78, 5) is 0.210. The van der Waals surface area contributed by atoms with Crippen LogP contribution in [-0.2, 0) is 10.0 Å². The van der Waals surface area contributed by atoms with E-state index in [9.17, 15) is 8.42 Å². The van der Waals surface area contributed by atoms with Crippen LogP contribution in [-0.4, -0.2) is 25.8 Å². The van der Waals surface area contributed by atoms with Gasteiger partial charge in [-0.1, -0.05) is 26.0 Å². The Kier molecular flexibility index (Phi) is 4.96. The smallest absolute Gasteiger partial charge is 0.245 e. The predicted octanol–water partition coefficient (Wildman–Crippen LogP) is 2.08. The summed E-state index contributed by atoms with van der Waals surface area (Å²) < 4.78 is 26.3. The summed E-state index contributed by atoms with van der Waals surface area (Å²) in [5, 5.41) is 0. The molecule has 0 atom stereocenters. The Morgan fingerprint density at radius 2 is 1.65 bits per heavy atom. The number of hydrogen-bond donors (Lipinski definition) is 1. The molecule has 1 rings (SSSR count). The Hall–Kier alpha value is -1.07. The molecule has 0 heterocycles. The van der Waals surface area contributed by atoms with Gasteiger partial charge in [0.05, 0.1) is 5.69 Å². The number of hydrogen-bond acceptors (Lipinski definition) is 3. The van der Waals surface area contributed by atoms with Crippen LogP contribution in [0, 0.1) is 0 Å². The van der Waals surface area contributed by atoms with Crippen molar-refractivity contribution >= 4 is 15.7 Å². The van der Waals surface area contributed by atoms with E-state index in [4.69, 9.17) is 5.73 Å². The lowest BCUT2D eigenvalue weighted by molar-refractivity contribution is 0.410. The summed E-state index contributed by atoms with van der Waals surface area (Å²) in [6.45, 7) is 4.99. The van der Waals surface area contributed by atoms with Gasteiger partial charge in [0.1, 0.15) is 4.90 Å². The van der Waals surface area contributed by atoms with Crippen LogP contribution in [0.2, 0.25) is 0 Å². The zero-order valence-electron chi connectivity index (χ0n) is 10.4. The van der Waals surface area contributed by atoms with Crippen molar-refractivity contribution in [3.63, 3.8) is 0 Å². The highest BCUT2D eigenvalue weighted by Gasteiger charge is 2.24. The van der Waals surface area contributed by atoms with Crippen LogP contribution in [0.25, 0.3) is 0 Å². The normalized spacial score (nSPS) is 11.9. The maximum atomic E-state index is 12.4. The Labute approximate surface area is 103 Å². The van der Waals surface area contributed by atoms with Crippen LogP contribution in [0.5, 0.6) is 0 Å². The second kappa shape index (κ2) is 6.02. The van der Waals surface area contributed by atoms with Crippen molar-refractivity contribution in [2.24, 2.45) is 0 Å². The quantitative estimate of drug-likeness (QED) is 0.793. The molecule has 0 aliphatic heterocycles. The predicted molar refractivity (Wildman–Crippen MR) is 70.2 cm³/mol. The van der Waals surface area contributed by atoms with Crippen LogP contribution in [0.15, 0.2) is 29.2 Å². The molecule has 0 saturated carbocycles. The van der Waals surface area contributed by atoms with Gasteiger partial charge in [0, 0.05) is 13.1 Å². The minimum absolute atomic E-state index is 0.210. The molecule has 96 valence electrons. The molecule has 0 unspecified atom stereocenters. The van der Waals surface area contributed by atoms with Gasteiger partial charge in [0.25, 0.3) is 0 Å². The van der Waals surface area contributed by atoms with E-state index in [1.54, 1.807) is 24.3 Å². The average Bonchev–Trinajstić information content (AvgIpc) is 2.29. The molecule has 4 nitrogen and oxygen atoms in total. The van der Waals surface area contributed by atoms with Gasteiger partial charge >= 0.3 is 0 Å². The van der Waals surface area contributed by atoms with E-state index in [1.807, 2.05) is 13.8 Å². The van der Waals surface area contributed by atoms with E-state index in [-0.39, 0.29) is 4.90 Å². The molecule has 17 heavy (non-hydrogen) atoms. The van der Waals surface area contributed by atoms with Crippen molar-refractivity contribution in [1.29, 1.82) is 0 Å². The van der Waals surface area contributed by atoms with Crippen LogP contribution >= 0.6 is 0 Å². The Bertz CT molecular complexity index is 451. The molecule has 0 aromatic heterocycles. The molecule has 0 aliphatic rings. The first-order valence-corrected chi connectivity index (χ1v) is 7.32. The first-order valence-electron chi connectivity index (χ1n) is 5.88. The standard InChI is InChI=1S/C12H20N2O2S/c1-3-9-14(10-4-2)17(15,16)12-8-6-5-7-11(12)13/h5-8H,3-4,9-10,13H2,1-2H3. The largest absolute Gasteiger partial charge is 0.398 e. The van der Waals surface area contributed by atoms with Gasteiger partial charge in [-0.2, -0.15) is 4.31 Å². The number of nitrogen functional groups attached to an aromatic ring is 1. The molecular formula is C12H20N2O2S. The van der Waals surface area contributed by atoms with Gasteiger partial charge < -0.3 is 5.73 Å². The number of rotatable bonds is 6. The lowest BCUT2D eigenvalue weighted by atomic mass is 10.3. The van der Waals surface area contributed by atoms with Crippen molar-refractivity contribution < 1.29 is 8.42 Å². The monoisotopic (exact) mass is 256 g/mol. The maximum absolute atomic E-state index is 12.4. The topological polar surface area (TPSA) is 63.4 Å². The minimum atomic E-state index is -3.45. The van der Waals surface area contributed by atoms with Crippen LogP contribution in [0.3, 0.4) is 0 Å². The molecule has 0 saturated heterocycles. The molecule has 1 aromatic carbocycles. The van der Waals surface area contributed by atoms with E-state index in [1.165, 1.54) is 4.31 Å². The van der Waals surface area contributed by atoms with E-state index in [0.29, 0.717) is 18.8 Å². The second-order valence-electron chi connectivity index (χ2n) is 3.94. The SMILES string of the molecule is CCCN(CCC)S(=O)(=O)c1ccccc1N. The number of anilines is 1. The fraction of sp³-hybridized carbons (Fsp3) is 0.500. The molecule has 0 fully saturated rings. The first-order chi connectivity index (χ1) is 8.04. The van der Waals surface area contributed by atoms with Gasteiger partial charge in [0.2, 0.25) is 10.0 Å². The number of benzene rings is 1. The fourth-order valence-corrected chi connectivity index (χ4v) is 3.45. The first kappa shape index (κ1) is 14.0. The Balaban J connectivity index is 3.12. The third-order valence-electron chi connectivity index (χ3n) is 2.48. The second-order valence-corrected chi connectivity index (χ2v) is 5.85. The molecule has 0 spiro atoms. The van der Waals surface area contributed by atoms with Gasteiger partial charge in [-0.25, -0.2) is 8.42 Å². The van der Waals surface area contributed by atoms with Gasteiger partial charge in [-0.05, 0) is 25.0 Å². The zero-order chi connectivity index (χ0) is 12.9. The highest BCUT2D eigenvalue weighted by atomic mass is 32.2. The number of nitrogens with two attached hydrogens (primary N) is 1. The molecular weight excluding hydrogens is 236 g/mol. The van der Waals surface area contributed by atoms with Crippen LogP contribution < -0.4 is 5.73 Å². The molecule has 5 heteroatoms. The summed E-state index contributed by atoms with van der Waals surface area (Å²) >= 11 is 0. The molecule has 0 radical (unpaired) electrons. The molecule has 0 aliphatic carbocycles. The number of sulfonamides is 1. The van der Waals surface area contributed by atoms with Crippen molar-refractivity contribution in [2.45, 2.75) is 31.6 Å². The minimum Gasteiger partial charge on any atom is -0.398 e. The highest BCUT2D eigenvalue weighted by molar-refractivity contribution is 7.89. The van der Waals surface area contributed by atoms with E-state index < -0.39 is 10.0 Å². The zero-order valence-corrected chi connectivity index (χ0v) is 11.2. The van der Waals surface area contributed by atoms with Gasteiger partial charge in [-0.3, -0.25) is 0 Å². The molecule has 2 N–H and O–H groups in total. The fourth-order valence-electron chi connectivity index (χ4n) is 1.71. The summed E-state index contributed by atoms with van der Waals surface area (Å²) in [5.41, 5.74) is 6.04. The van der Waals surface area contributed by atoms with Crippen LogP contribution in [0.1, 0.15) is 26.7 Å². The summed E-state index contributed by atoms with van der Waals surface area (Å²) in [7, 11) is -3.45. The Morgan fingerprint density at radius 1 is 1.12 bits per heavy atom. The van der Waals surface area contributed by atoms with Crippen LogP contribution in [0.4, 0.5) is 5.69 Å². The van der Waals surface area contributed by atoms with Crippen molar-refractivity contribution in [1.82, 2.24) is 4.31 Å². The maximum Gasteiger partial charge on any atom is 0.245 e. The lowest BCUT2D eigenvalue weighted by Crippen LogP contribution is -2.33. The highest BCUT2D eigenvalue weighted by Crippen LogP contribution is 2.22.